The summed E-state index contributed by atoms with van der Waals surface area (Å²) in [7, 11) is 1.95. The Morgan fingerprint density at radius 1 is 1.47 bits per heavy atom. The standard InChI is InChI=1S/C13H23F2N3O/c1-3-5-16-11(4-8-19-10-12(14)15)9-13-17-6-7-18(13)2/h6-7,11-12,16H,3-5,8-10H2,1-2H3. The van der Waals surface area contributed by atoms with Crippen molar-refractivity contribution in [1.29, 1.82) is 0 Å². The number of nitrogens with one attached hydrogen (secondary N) is 1. The normalized spacial score (nSPS) is 13.1. The van der Waals surface area contributed by atoms with Gasteiger partial charge in [-0.05, 0) is 19.4 Å². The monoisotopic (exact) mass is 275 g/mol. The van der Waals surface area contributed by atoms with Crippen molar-refractivity contribution in [3.8, 4) is 0 Å². The average Bonchev–Trinajstić information content (AvgIpc) is 2.76. The first-order valence-corrected chi connectivity index (χ1v) is 6.69. The summed E-state index contributed by atoms with van der Waals surface area (Å²) < 4.78 is 30.8. The fraction of sp³-hybridized carbons (Fsp3) is 0.769. The Kier molecular flexibility index (Phi) is 7.59. The molecule has 0 bridgehead atoms. The molecule has 1 atom stereocenters. The number of ether oxygens (including phenoxy) is 1. The summed E-state index contributed by atoms with van der Waals surface area (Å²) in [6, 6.07) is 0.207. The van der Waals surface area contributed by atoms with Gasteiger partial charge in [-0.2, -0.15) is 0 Å². The maximum absolute atomic E-state index is 12.0. The first kappa shape index (κ1) is 16.0. The Morgan fingerprint density at radius 2 is 2.26 bits per heavy atom. The lowest BCUT2D eigenvalue weighted by molar-refractivity contribution is 0.0144. The van der Waals surface area contributed by atoms with Gasteiger partial charge in [0.05, 0.1) is 0 Å². The molecule has 1 rings (SSSR count). The number of alkyl halides is 2. The van der Waals surface area contributed by atoms with E-state index in [1.54, 1.807) is 6.20 Å². The third-order valence-electron chi connectivity index (χ3n) is 2.89. The number of aryl methyl sites for hydroxylation is 1. The zero-order chi connectivity index (χ0) is 14.1. The van der Waals surface area contributed by atoms with Crippen molar-refractivity contribution in [2.24, 2.45) is 7.05 Å². The van der Waals surface area contributed by atoms with Crippen molar-refractivity contribution in [1.82, 2.24) is 14.9 Å². The summed E-state index contributed by atoms with van der Waals surface area (Å²) in [6.07, 6.45) is 3.80. The predicted molar refractivity (Wildman–Crippen MR) is 70.4 cm³/mol. The van der Waals surface area contributed by atoms with E-state index in [1.165, 1.54) is 0 Å². The highest BCUT2D eigenvalue weighted by atomic mass is 19.3. The summed E-state index contributed by atoms with van der Waals surface area (Å²) in [6.45, 7) is 2.86. The molecule has 6 heteroatoms. The summed E-state index contributed by atoms with van der Waals surface area (Å²) >= 11 is 0. The minimum Gasteiger partial charge on any atom is -0.375 e. The van der Waals surface area contributed by atoms with Gasteiger partial charge in [0.25, 0.3) is 6.43 Å². The van der Waals surface area contributed by atoms with Gasteiger partial charge in [-0.15, -0.1) is 0 Å². The van der Waals surface area contributed by atoms with E-state index in [-0.39, 0.29) is 6.04 Å². The van der Waals surface area contributed by atoms with Gasteiger partial charge < -0.3 is 14.6 Å². The number of halogens is 2. The molecule has 0 amide bonds. The van der Waals surface area contributed by atoms with Crippen molar-refractivity contribution in [2.75, 3.05) is 19.8 Å². The molecule has 0 aliphatic heterocycles. The summed E-state index contributed by atoms with van der Waals surface area (Å²) in [5, 5.41) is 3.40. The maximum Gasteiger partial charge on any atom is 0.261 e. The largest absolute Gasteiger partial charge is 0.375 e. The molecule has 0 saturated heterocycles. The van der Waals surface area contributed by atoms with Gasteiger partial charge in [0.1, 0.15) is 12.4 Å². The van der Waals surface area contributed by atoms with E-state index in [4.69, 9.17) is 4.74 Å². The van der Waals surface area contributed by atoms with Crippen molar-refractivity contribution in [3.05, 3.63) is 18.2 Å². The zero-order valence-electron chi connectivity index (χ0n) is 11.6. The van der Waals surface area contributed by atoms with E-state index in [1.807, 2.05) is 17.8 Å². The third-order valence-corrected chi connectivity index (χ3v) is 2.89. The second kappa shape index (κ2) is 8.98. The molecule has 1 unspecified atom stereocenters. The average molecular weight is 275 g/mol. The second-order valence-electron chi connectivity index (χ2n) is 4.56. The molecule has 0 saturated carbocycles. The van der Waals surface area contributed by atoms with Crippen molar-refractivity contribution < 1.29 is 13.5 Å². The lowest BCUT2D eigenvalue weighted by atomic mass is 10.1. The van der Waals surface area contributed by atoms with Crippen molar-refractivity contribution in [3.63, 3.8) is 0 Å². The second-order valence-corrected chi connectivity index (χ2v) is 4.56. The quantitative estimate of drug-likeness (QED) is 0.664. The van der Waals surface area contributed by atoms with Gasteiger partial charge in [-0.1, -0.05) is 6.92 Å². The Balaban J connectivity index is 2.36. The lowest BCUT2D eigenvalue weighted by Crippen LogP contribution is -2.34. The highest BCUT2D eigenvalue weighted by Crippen LogP contribution is 2.05. The molecule has 1 aromatic rings. The molecule has 0 fully saturated rings. The third kappa shape index (κ3) is 6.63. The van der Waals surface area contributed by atoms with Crippen LogP contribution >= 0.6 is 0 Å². The summed E-state index contributed by atoms with van der Waals surface area (Å²) in [4.78, 5) is 4.28. The van der Waals surface area contributed by atoms with Crippen LogP contribution in [0.3, 0.4) is 0 Å². The molecule has 110 valence electrons. The van der Waals surface area contributed by atoms with E-state index >= 15 is 0 Å². The molecule has 4 nitrogen and oxygen atoms in total. The molecule has 19 heavy (non-hydrogen) atoms. The zero-order valence-corrected chi connectivity index (χ0v) is 11.6. The number of rotatable bonds is 10. The van der Waals surface area contributed by atoms with Crippen LogP contribution in [0.2, 0.25) is 0 Å². The minimum absolute atomic E-state index is 0.207. The van der Waals surface area contributed by atoms with Crippen LogP contribution in [0.25, 0.3) is 0 Å². The molecule has 0 aliphatic rings. The van der Waals surface area contributed by atoms with Gasteiger partial charge in [0.2, 0.25) is 0 Å². The highest BCUT2D eigenvalue weighted by molar-refractivity contribution is 4.94. The SMILES string of the molecule is CCCNC(CCOCC(F)F)Cc1nccn1C. The van der Waals surface area contributed by atoms with Gasteiger partial charge in [-0.25, -0.2) is 13.8 Å². The van der Waals surface area contributed by atoms with Crippen LogP contribution < -0.4 is 5.32 Å². The molecular formula is C13H23F2N3O. The Hall–Kier alpha value is -1.01. The molecule has 0 aromatic carbocycles. The highest BCUT2D eigenvalue weighted by Gasteiger charge is 2.12. The van der Waals surface area contributed by atoms with Crippen LogP contribution in [0.15, 0.2) is 12.4 Å². The van der Waals surface area contributed by atoms with Gasteiger partial charge >= 0.3 is 0 Å². The van der Waals surface area contributed by atoms with E-state index in [2.05, 4.69) is 17.2 Å². The Labute approximate surface area is 113 Å². The van der Waals surface area contributed by atoms with Gasteiger partial charge in [0.15, 0.2) is 0 Å². The first-order valence-electron chi connectivity index (χ1n) is 6.69. The molecule has 0 aliphatic carbocycles. The number of nitrogens with zero attached hydrogens (tertiary/aromatic N) is 2. The molecule has 1 aromatic heterocycles. The van der Waals surface area contributed by atoms with Crippen LogP contribution in [0.1, 0.15) is 25.6 Å². The molecule has 1 N–H and O–H groups in total. The molecule has 0 spiro atoms. The number of hydrogen-bond acceptors (Lipinski definition) is 3. The van der Waals surface area contributed by atoms with Crippen molar-refractivity contribution in [2.45, 2.75) is 38.7 Å². The first-order chi connectivity index (χ1) is 9.13. The summed E-state index contributed by atoms with van der Waals surface area (Å²) in [5.41, 5.74) is 0. The lowest BCUT2D eigenvalue weighted by Gasteiger charge is -2.18. The van der Waals surface area contributed by atoms with Crippen LogP contribution in [-0.4, -0.2) is 41.8 Å². The van der Waals surface area contributed by atoms with Crippen molar-refractivity contribution >= 4 is 0 Å². The van der Waals surface area contributed by atoms with E-state index < -0.39 is 13.0 Å². The number of imidazole rings is 1. The van der Waals surface area contributed by atoms with Crippen LogP contribution in [0.5, 0.6) is 0 Å². The van der Waals surface area contributed by atoms with Crippen LogP contribution in [0.4, 0.5) is 8.78 Å². The fourth-order valence-corrected chi connectivity index (χ4v) is 1.84. The number of aromatic nitrogens is 2. The smallest absolute Gasteiger partial charge is 0.261 e. The predicted octanol–water partition coefficient (Wildman–Crippen LogP) is 2.00. The Bertz CT molecular complexity index is 344. The van der Waals surface area contributed by atoms with E-state index in [9.17, 15) is 8.78 Å². The summed E-state index contributed by atoms with van der Waals surface area (Å²) in [5.74, 6) is 0.988. The number of hydrogen-bond donors (Lipinski definition) is 1. The molecular weight excluding hydrogens is 252 g/mol. The fourth-order valence-electron chi connectivity index (χ4n) is 1.84. The molecule has 1 heterocycles. The van der Waals surface area contributed by atoms with Gasteiger partial charge in [-0.3, -0.25) is 0 Å². The van der Waals surface area contributed by atoms with E-state index in [0.29, 0.717) is 13.0 Å². The minimum atomic E-state index is -2.39. The molecule has 0 radical (unpaired) electrons. The Morgan fingerprint density at radius 3 is 2.84 bits per heavy atom. The van der Waals surface area contributed by atoms with Crippen LogP contribution in [-0.2, 0) is 18.2 Å². The van der Waals surface area contributed by atoms with Gasteiger partial charge in [0, 0.05) is 38.5 Å². The van der Waals surface area contributed by atoms with E-state index in [0.717, 1.165) is 25.2 Å². The maximum atomic E-state index is 12.0. The van der Waals surface area contributed by atoms with Crippen LogP contribution in [0, 0.1) is 0 Å². The topological polar surface area (TPSA) is 39.1 Å².